The Morgan fingerprint density at radius 3 is 2.65 bits per heavy atom. The van der Waals surface area contributed by atoms with Gasteiger partial charge in [0.1, 0.15) is 6.04 Å². The molecule has 3 unspecified atom stereocenters. The monoisotopic (exact) mass is 280 g/mol. The second-order valence-electron chi connectivity index (χ2n) is 6.48. The van der Waals surface area contributed by atoms with E-state index in [0.717, 1.165) is 38.6 Å². The van der Waals surface area contributed by atoms with Gasteiger partial charge < -0.3 is 9.80 Å². The standard InChI is InChI=1S/C16H28N2O2/c1-4-12(2)11-13(3)17-10-8-15(19)18-9-6-5-7-14(18)16(17)20/h12-14H,4-11H2,1-3H3. The molecule has 2 aliphatic rings. The number of carbonyl (C=O) groups is 2. The van der Waals surface area contributed by atoms with Crippen LogP contribution < -0.4 is 0 Å². The third-order valence-electron chi connectivity index (χ3n) is 4.93. The van der Waals surface area contributed by atoms with Gasteiger partial charge >= 0.3 is 0 Å². The molecular formula is C16H28N2O2. The molecule has 0 aliphatic carbocycles. The Morgan fingerprint density at radius 1 is 1.20 bits per heavy atom. The molecule has 0 spiro atoms. The normalized spacial score (nSPS) is 27.1. The Kier molecular flexibility index (Phi) is 5.06. The molecule has 0 saturated carbocycles. The van der Waals surface area contributed by atoms with Crippen LogP contribution in [0.2, 0.25) is 0 Å². The van der Waals surface area contributed by atoms with E-state index in [4.69, 9.17) is 0 Å². The van der Waals surface area contributed by atoms with Crippen molar-refractivity contribution in [3.05, 3.63) is 0 Å². The lowest BCUT2D eigenvalue weighted by Gasteiger charge is -2.36. The first kappa shape index (κ1) is 15.3. The molecule has 2 amide bonds. The van der Waals surface area contributed by atoms with Crippen molar-refractivity contribution in [3.63, 3.8) is 0 Å². The molecule has 4 nitrogen and oxygen atoms in total. The second kappa shape index (κ2) is 6.59. The summed E-state index contributed by atoms with van der Waals surface area (Å²) < 4.78 is 0. The van der Waals surface area contributed by atoms with Crippen molar-refractivity contribution >= 4 is 11.8 Å². The van der Waals surface area contributed by atoms with Crippen LogP contribution in [0.5, 0.6) is 0 Å². The second-order valence-corrected chi connectivity index (χ2v) is 6.48. The van der Waals surface area contributed by atoms with E-state index in [2.05, 4.69) is 20.8 Å². The average molecular weight is 280 g/mol. The molecule has 3 atom stereocenters. The Balaban J connectivity index is 2.10. The van der Waals surface area contributed by atoms with Gasteiger partial charge in [0.25, 0.3) is 0 Å². The number of nitrogens with zero attached hydrogens (tertiary/aromatic N) is 2. The fourth-order valence-electron chi connectivity index (χ4n) is 3.46. The van der Waals surface area contributed by atoms with Crippen LogP contribution in [-0.4, -0.2) is 46.8 Å². The molecule has 0 aromatic carbocycles. The fraction of sp³-hybridized carbons (Fsp3) is 0.875. The van der Waals surface area contributed by atoms with Gasteiger partial charge in [0.2, 0.25) is 11.8 Å². The van der Waals surface area contributed by atoms with Gasteiger partial charge in [-0.1, -0.05) is 20.3 Å². The lowest BCUT2D eigenvalue weighted by molar-refractivity contribution is -0.144. The van der Waals surface area contributed by atoms with Crippen molar-refractivity contribution in [2.24, 2.45) is 5.92 Å². The van der Waals surface area contributed by atoms with Crippen molar-refractivity contribution in [3.8, 4) is 0 Å². The Morgan fingerprint density at radius 2 is 1.95 bits per heavy atom. The number of hydrogen-bond acceptors (Lipinski definition) is 2. The topological polar surface area (TPSA) is 40.6 Å². The van der Waals surface area contributed by atoms with Gasteiger partial charge in [0, 0.05) is 25.6 Å². The number of amides is 2. The van der Waals surface area contributed by atoms with E-state index in [1.54, 1.807) is 0 Å². The number of rotatable bonds is 4. The Labute approximate surface area is 122 Å². The highest BCUT2D eigenvalue weighted by Gasteiger charge is 2.39. The van der Waals surface area contributed by atoms with Crippen molar-refractivity contribution in [1.29, 1.82) is 0 Å². The van der Waals surface area contributed by atoms with E-state index in [-0.39, 0.29) is 23.9 Å². The maximum atomic E-state index is 12.8. The molecule has 2 saturated heterocycles. The van der Waals surface area contributed by atoms with Gasteiger partial charge in [-0.15, -0.1) is 0 Å². The first-order valence-electron chi connectivity index (χ1n) is 8.14. The summed E-state index contributed by atoms with van der Waals surface area (Å²) in [6.07, 6.45) is 5.61. The van der Waals surface area contributed by atoms with Crippen LogP contribution >= 0.6 is 0 Å². The zero-order valence-electron chi connectivity index (χ0n) is 13.1. The summed E-state index contributed by atoms with van der Waals surface area (Å²) in [5.74, 6) is 0.979. The largest absolute Gasteiger partial charge is 0.338 e. The molecule has 2 rings (SSSR count). The molecular weight excluding hydrogens is 252 g/mol. The molecule has 0 aromatic rings. The van der Waals surface area contributed by atoms with Crippen LogP contribution in [0.15, 0.2) is 0 Å². The molecule has 0 radical (unpaired) electrons. The Bertz CT molecular complexity index is 369. The summed E-state index contributed by atoms with van der Waals surface area (Å²) in [7, 11) is 0. The Hall–Kier alpha value is -1.06. The van der Waals surface area contributed by atoms with Gasteiger partial charge in [-0.3, -0.25) is 9.59 Å². The first-order chi connectivity index (χ1) is 9.54. The van der Waals surface area contributed by atoms with Crippen molar-refractivity contribution < 1.29 is 9.59 Å². The van der Waals surface area contributed by atoms with Gasteiger partial charge in [0.05, 0.1) is 0 Å². The van der Waals surface area contributed by atoms with E-state index in [0.29, 0.717) is 18.9 Å². The van der Waals surface area contributed by atoms with E-state index in [1.165, 1.54) is 0 Å². The summed E-state index contributed by atoms with van der Waals surface area (Å²) in [4.78, 5) is 28.8. The zero-order chi connectivity index (χ0) is 14.7. The highest BCUT2D eigenvalue weighted by atomic mass is 16.2. The molecule has 114 valence electrons. The molecule has 0 N–H and O–H groups in total. The van der Waals surface area contributed by atoms with E-state index < -0.39 is 0 Å². The first-order valence-corrected chi connectivity index (χ1v) is 8.14. The summed E-state index contributed by atoms with van der Waals surface area (Å²) in [6.45, 7) is 7.92. The van der Waals surface area contributed by atoms with E-state index >= 15 is 0 Å². The predicted molar refractivity (Wildman–Crippen MR) is 79.2 cm³/mol. The maximum Gasteiger partial charge on any atom is 0.245 e. The molecule has 2 aliphatic heterocycles. The summed E-state index contributed by atoms with van der Waals surface area (Å²) >= 11 is 0. The zero-order valence-corrected chi connectivity index (χ0v) is 13.1. The maximum absolute atomic E-state index is 12.8. The minimum atomic E-state index is -0.182. The third-order valence-corrected chi connectivity index (χ3v) is 4.93. The lowest BCUT2D eigenvalue weighted by atomic mass is 9.97. The van der Waals surface area contributed by atoms with Crippen LogP contribution in [-0.2, 0) is 9.59 Å². The number of hydrogen-bond donors (Lipinski definition) is 0. The van der Waals surface area contributed by atoms with Crippen LogP contribution in [0.1, 0.15) is 59.3 Å². The molecule has 4 heteroatoms. The van der Waals surface area contributed by atoms with Crippen LogP contribution in [0.3, 0.4) is 0 Å². The van der Waals surface area contributed by atoms with Gasteiger partial charge in [-0.2, -0.15) is 0 Å². The number of piperidine rings is 1. The van der Waals surface area contributed by atoms with Crippen LogP contribution in [0.25, 0.3) is 0 Å². The van der Waals surface area contributed by atoms with Gasteiger partial charge in [-0.25, -0.2) is 0 Å². The van der Waals surface area contributed by atoms with Crippen LogP contribution in [0.4, 0.5) is 0 Å². The van der Waals surface area contributed by atoms with Crippen molar-refractivity contribution in [2.75, 3.05) is 13.1 Å². The predicted octanol–water partition coefficient (Wildman–Crippen LogP) is 2.42. The average Bonchev–Trinajstić information content (AvgIpc) is 2.58. The lowest BCUT2D eigenvalue weighted by Crippen LogP contribution is -2.51. The molecule has 2 heterocycles. The van der Waals surface area contributed by atoms with Crippen molar-refractivity contribution in [1.82, 2.24) is 9.80 Å². The van der Waals surface area contributed by atoms with E-state index in [1.807, 2.05) is 9.80 Å². The number of carbonyl (C=O) groups excluding carboxylic acids is 2. The summed E-state index contributed by atoms with van der Waals surface area (Å²) in [5.41, 5.74) is 0. The molecule has 20 heavy (non-hydrogen) atoms. The molecule has 0 aromatic heterocycles. The highest BCUT2D eigenvalue weighted by Crippen LogP contribution is 2.25. The minimum absolute atomic E-state index is 0.168. The number of fused-ring (bicyclic) bond motifs is 1. The quantitative estimate of drug-likeness (QED) is 0.793. The summed E-state index contributed by atoms with van der Waals surface area (Å²) in [6, 6.07) is 0.0604. The fourth-order valence-corrected chi connectivity index (χ4v) is 3.46. The van der Waals surface area contributed by atoms with Crippen LogP contribution in [0, 0.1) is 5.92 Å². The third kappa shape index (κ3) is 3.15. The summed E-state index contributed by atoms with van der Waals surface area (Å²) in [5, 5.41) is 0. The van der Waals surface area contributed by atoms with Gasteiger partial charge in [0.15, 0.2) is 0 Å². The minimum Gasteiger partial charge on any atom is -0.338 e. The van der Waals surface area contributed by atoms with E-state index in [9.17, 15) is 9.59 Å². The molecule has 2 fully saturated rings. The van der Waals surface area contributed by atoms with Crippen molar-refractivity contribution in [2.45, 2.75) is 71.4 Å². The highest BCUT2D eigenvalue weighted by molar-refractivity contribution is 5.90. The smallest absolute Gasteiger partial charge is 0.245 e. The van der Waals surface area contributed by atoms with Gasteiger partial charge in [-0.05, 0) is 38.5 Å². The SMILES string of the molecule is CCC(C)CC(C)N1CCC(=O)N2CCCCC2C1=O. The molecule has 0 bridgehead atoms.